The first-order valence-electron chi connectivity index (χ1n) is 7.54. The van der Waals surface area contributed by atoms with Crippen molar-refractivity contribution in [3.63, 3.8) is 0 Å². The van der Waals surface area contributed by atoms with Gasteiger partial charge in [0.25, 0.3) is 5.91 Å². The van der Waals surface area contributed by atoms with Crippen LogP contribution in [0.3, 0.4) is 0 Å². The third-order valence-electron chi connectivity index (χ3n) is 4.03. The van der Waals surface area contributed by atoms with Gasteiger partial charge >= 0.3 is 0 Å². The van der Waals surface area contributed by atoms with Crippen molar-refractivity contribution in [3.8, 4) is 0 Å². The first-order chi connectivity index (χ1) is 9.90. The average Bonchev–Trinajstić information content (AvgIpc) is 2.42. The monoisotopic (exact) mass is 293 g/mol. The van der Waals surface area contributed by atoms with E-state index in [0.717, 1.165) is 18.5 Å². The van der Waals surface area contributed by atoms with Gasteiger partial charge in [0.15, 0.2) is 5.43 Å². The number of rotatable bonds is 7. The van der Waals surface area contributed by atoms with E-state index in [1.807, 2.05) is 14.1 Å². The minimum absolute atomic E-state index is 0.169. The van der Waals surface area contributed by atoms with Crippen LogP contribution < -0.4 is 10.7 Å². The Labute approximate surface area is 126 Å². The van der Waals surface area contributed by atoms with E-state index in [4.69, 9.17) is 0 Å². The van der Waals surface area contributed by atoms with Crippen LogP contribution in [0.5, 0.6) is 0 Å². The fourth-order valence-corrected chi connectivity index (χ4v) is 2.65. The summed E-state index contributed by atoms with van der Waals surface area (Å²) >= 11 is 0. The zero-order chi connectivity index (χ0) is 16.0. The van der Waals surface area contributed by atoms with E-state index in [9.17, 15) is 9.59 Å². The molecule has 5 heteroatoms. The highest BCUT2D eigenvalue weighted by atomic mass is 16.2. The molecule has 0 radical (unpaired) electrons. The van der Waals surface area contributed by atoms with Crippen molar-refractivity contribution in [3.05, 3.63) is 33.7 Å². The van der Waals surface area contributed by atoms with Gasteiger partial charge in [-0.25, -0.2) is 0 Å². The number of amides is 1. The van der Waals surface area contributed by atoms with Crippen molar-refractivity contribution in [2.75, 3.05) is 20.6 Å². The topological polar surface area (TPSA) is 65.2 Å². The van der Waals surface area contributed by atoms with E-state index in [-0.39, 0.29) is 22.9 Å². The maximum Gasteiger partial charge on any atom is 0.256 e. The second kappa shape index (κ2) is 7.98. The van der Waals surface area contributed by atoms with E-state index < -0.39 is 0 Å². The summed E-state index contributed by atoms with van der Waals surface area (Å²) in [5.41, 5.74) is 0.676. The maximum absolute atomic E-state index is 12.2. The number of aryl methyl sites for hydroxylation is 1. The number of likely N-dealkylation sites (N-methyl/N-ethyl adjacent to an activating group) is 1. The number of carbonyl (C=O) groups is 1. The third kappa shape index (κ3) is 4.70. The largest absolute Gasteiger partial charge is 0.364 e. The summed E-state index contributed by atoms with van der Waals surface area (Å²) in [5.74, 6) is 0.214. The standard InChI is InChI=1S/C16H27N3O2/c1-6-12(7-2)14(19(4)5)10-18-16(21)13-9-17-11(3)8-15(13)20/h8-9,12,14H,6-7,10H2,1-5H3,(H,17,20)(H,18,21). The van der Waals surface area contributed by atoms with E-state index >= 15 is 0 Å². The molecule has 1 rings (SSSR count). The lowest BCUT2D eigenvalue weighted by Crippen LogP contribution is -2.45. The van der Waals surface area contributed by atoms with Gasteiger partial charge in [-0.05, 0) is 26.9 Å². The highest BCUT2D eigenvalue weighted by Gasteiger charge is 2.21. The molecule has 0 aromatic carbocycles. The molecule has 0 spiro atoms. The van der Waals surface area contributed by atoms with Crippen molar-refractivity contribution in [1.29, 1.82) is 0 Å². The summed E-state index contributed by atoms with van der Waals surface area (Å²) in [5, 5.41) is 2.89. The van der Waals surface area contributed by atoms with Gasteiger partial charge in [0.1, 0.15) is 5.56 Å². The lowest BCUT2D eigenvalue weighted by Gasteiger charge is -2.31. The molecule has 0 saturated carbocycles. The molecule has 1 atom stereocenters. The summed E-state index contributed by atoms with van der Waals surface area (Å²) < 4.78 is 0. The summed E-state index contributed by atoms with van der Waals surface area (Å²) in [7, 11) is 4.04. The summed E-state index contributed by atoms with van der Waals surface area (Å²) in [6.45, 7) is 6.66. The fourth-order valence-electron chi connectivity index (χ4n) is 2.65. The Morgan fingerprint density at radius 3 is 2.43 bits per heavy atom. The van der Waals surface area contributed by atoms with Crippen LogP contribution in [-0.4, -0.2) is 42.5 Å². The van der Waals surface area contributed by atoms with Gasteiger partial charge in [0, 0.05) is 30.5 Å². The van der Waals surface area contributed by atoms with Gasteiger partial charge in [-0.2, -0.15) is 0 Å². The quantitative estimate of drug-likeness (QED) is 0.805. The van der Waals surface area contributed by atoms with Gasteiger partial charge in [0.2, 0.25) is 0 Å². The van der Waals surface area contributed by atoms with Crippen LogP contribution in [-0.2, 0) is 0 Å². The normalized spacial score (nSPS) is 12.7. The molecule has 2 N–H and O–H groups in total. The van der Waals surface area contributed by atoms with Gasteiger partial charge in [-0.1, -0.05) is 26.7 Å². The Balaban J connectivity index is 2.75. The van der Waals surface area contributed by atoms with Crippen LogP contribution in [0.1, 0.15) is 42.7 Å². The van der Waals surface area contributed by atoms with Crippen LogP contribution in [0.15, 0.2) is 17.1 Å². The molecule has 1 amide bonds. The van der Waals surface area contributed by atoms with Crippen molar-refractivity contribution in [2.45, 2.75) is 39.7 Å². The van der Waals surface area contributed by atoms with Crippen molar-refractivity contribution in [2.24, 2.45) is 5.92 Å². The number of aromatic amines is 1. The minimum Gasteiger partial charge on any atom is -0.364 e. The van der Waals surface area contributed by atoms with Crippen molar-refractivity contribution < 1.29 is 4.79 Å². The molecule has 0 aliphatic rings. The minimum atomic E-state index is -0.311. The molecule has 5 nitrogen and oxygen atoms in total. The average molecular weight is 293 g/mol. The second-order valence-corrected chi connectivity index (χ2v) is 5.71. The van der Waals surface area contributed by atoms with Gasteiger partial charge < -0.3 is 15.2 Å². The number of hydrogen-bond donors (Lipinski definition) is 2. The molecule has 21 heavy (non-hydrogen) atoms. The molecule has 1 aromatic heterocycles. The predicted octanol–water partition coefficient (Wildman–Crippen LogP) is 1.78. The second-order valence-electron chi connectivity index (χ2n) is 5.71. The molecule has 118 valence electrons. The van der Waals surface area contributed by atoms with Crippen LogP contribution >= 0.6 is 0 Å². The lowest BCUT2D eigenvalue weighted by atomic mass is 9.93. The molecule has 1 aromatic rings. The first kappa shape index (κ1) is 17.4. The Kier molecular flexibility index (Phi) is 6.62. The Morgan fingerprint density at radius 2 is 1.95 bits per heavy atom. The molecular formula is C16H27N3O2. The van der Waals surface area contributed by atoms with Crippen LogP contribution in [0, 0.1) is 12.8 Å². The number of nitrogens with zero attached hydrogens (tertiary/aromatic N) is 1. The Bertz CT molecular complexity index is 518. The fraction of sp³-hybridized carbons (Fsp3) is 0.625. The molecule has 0 saturated heterocycles. The summed E-state index contributed by atoms with van der Waals surface area (Å²) in [6, 6.07) is 1.72. The van der Waals surface area contributed by atoms with E-state index in [1.165, 1.54) is 12.3 Å². The van der Waals surface area contributed by atoms with E-state index in [2.05, 4.69) is 29.0 Å². The number of H-pyrrole nitrogens is 1. The van der Waals surface area contributed by atoms with Gasteiger partial charge in [-0.15, -0.1) is 0 Å². The molecule has 0 aliphatic carbocycles. The van der Waals surface area contributed by atoms with Gasteiger partial charge in [0.05, 0.1) is 0 Å². The molecule has 0 aliphatic heterocycles. The zero-order valence-electron chi connectivity index (χ0n) is 13.7. The number of pyridine rings is 1. The van der Waals surface area contributed by atoms with Crippen LogP contribution in [0.2, 0.25) is 0 Å². The molecule has 1 unspecified atom stereocenters. The zero-order valence-corrected chi connectivity index (χ0v) is 13.7. The number of nitrogens with one attached hydrogen (secondary N) is 2. The van der Waals surface area contributed by atoms with Crippen LogP contribution in [0.4, 0.5) is 0 Å². The molecular weight excluding hydrogens is 266 g/mol. The molecule has 1 heterocycles. The molecule has 0 bridgehead atoms. The maximum atomic E-state index is 12.2. The number of hydrogen-bond acceptors (Lipinski definition) is 3. The van der Waals surface area contributed by atoms with Crippen LogP contribution in [0.25, 0.3) is 0 Å². The predicted molar refractivity (Wildman–Crippen MR) is 85.7 cm³/mol. The summed E-state index contributed by atoms with van der Waals surface area (Å²) in [6.07, 6.45) is 3.62. The molecule has 0 fully saturated rings. The first-order valence-corrected chi connectivity index (χ1v) is 7.54. The van der Waals surface area contributed by atoms with E-state index in [0.29, 0.717) is 12.5 Å². The van der Waals surface area contributed by atoms with Crippen molar-refractivity contribution in [1.82, 2.24) is 15.2 Å². The number of aromatic nitrogens is 1. The SMILES string of the molecule is CCC(CC)C(CNC(=O)c1c[nH]c(C)cc1=O)N(C)C. The third-order valence-corrected chi connectivity index (χ3v) is 4.03. The highest BCUT2D eigenvalue weighted by molar-refractivity contribution is 5.93. The smallest absolute Gasteiger partial charge is 0.256 e. The number of carbonyl (C=O) groups excluding carboxylic acids is 1. The summed E-state index contributed by atoms with van der Waals surface area (Å²) in [4.78, 5) is 29.0. The van der Waals surface area contributed by atoms with Gasteiger partial charge in [-0.3, -0.25) is 9.59 Å². The van der Waals surface area contributed by atoms with Crippen molar-refractivity contribution >= 4 is 5.91 Å². The Hall–Kier alpha value is -1.62. The lowest BCUT2D eigenvalue weighted by molar-refractivity contribution is 0.0927. The van der Waals surface area contributed by atoms with E-state index in [1.54, 1.807) is 6.92 Å². The highest BCUT2D eigenvalue weighted by Crippen LogP contribution is 2.16. The Morgan fingerprint density at radius 1 is 1.33 bits per heavy atom.